The number of benzene rings is 2. The number of cyclic esters (lactones) is 1. The van der Waals surface area contributed by atoms with Crippen molar-refractivity contribution in [2.45, 2.75) is 18.6 Å². The van der Waals surface area contributed by atoms with Crippen LogP contribution in [0.4, 0.5) is 0 Å². The summed E-state index contributed by atoms with van der Waals surface area (Å²) in [5.74, 6) is 0.0602. The van der Waals surface area contributed by atoms with Crippen molar-refractivity contribution >= 4 is 11.9 Å². The Morgan fingerprint density at radius 2 is 1.83 bits per heavy atom. The van der Waals surface area contributed by atoms with Crippen LogP contribution in [0.5, 0.6) is 5.75 Å². The first-order valence-corrected chi connectivity index (χ1v) is 7.38. The van der Waals surface area contributed by atoms with Crippen molar-refractivity contribution in [1.82, 2.24) is 5.32 Å². The van der Waals surface area contributed by atoms with E-state index in [0.717, 1.165) is 11.3 Å². The molecule has 0 spiro atoms. The first-order valence-electron chi connectivity index (χ1n) is 7.38. The van der Waals surface area contributed by atoms with Crippen LogP contribution < -0.4 is 10.1 Å². The second-order valence-electron chi connectivity index (χ2n) is 5.33. The molecule has 118 valence electrons. The van der Waals surface area contributed by atoms with Crippen molar-refractivity contribution in [3.8, 4) is 5.75 Å². The first-order chi connectivity index (χ1) is 11.2. The summed E-state index contributed by atoms with van der Waals surface area (Å²) in [5.41, 5.74) is 1.41. The predicted molar refractivity (Wildman–Crippen MR) is 84.1 cm³/mol. The van der Waals surface area contributed by atoms with Gasteiger partial charge >= 0.3 is 5.97 Å². The minimum absolute atomic E-state index is 0.275. The van der Waals surface area contributed by atoms with Gasteiger partial charge in [-0.05, 0) is 29.8 Å². The second-order valence-corrected chi connectivity index (χ2v) is 5.33. The average Bonchev–Trinajstić information content (AvgIpc) is 2.96. The highest BCUT2D eigenvalue weighted by molar-refractivity contribution is 5.97. The zero-order valence-corrected chi connectivity index (χ0v) is 12.7. The van der Waals surface area contributed by atoms with Crippen LogP contribution >= 0.6 is 0 Å². The highest BCUT2D eigenvalue weighted by atomic mass is 16.6. The van der Waals surface area contributed by atoms with Crippen LogP contribution in [0.25, 0.3) is 0 Å². The van der Waals surface area contributed by atoms with E-state index in [2.05, 4.69) is 5.32 Å². The summed E-state index contributed by atoms with van der Waals surface area (Å²) in [4.78, 5) is 24.1. The molecule has 1 aliphatic rings. The highest BCUT2D eigenvalue weighted by Crippen LogP contribution is 2.30. The molecule has 23 heavy (non-hydrogen) atoms. The van der Waals surface area contributed by atoms with E-state index in [9.17, 15) is 9.59 Å². The van der Waals surface area contributed by atoms with Crippen LogP contribution in [-0.4, -0.2) is 25.0 Å². The zero-order chi connectivity index (χ0) is 16.2. The van der Waals surface area contributed by atoms with Gasteiger partial charge in [0.05, 0.1) is 7.11 Å². The summed E-state index contributed by atoms with van der Waals surface area (Å²) < 4.78 is 10.5. The van der Waals surface area contributed by atoms with Gasteiger partial charge in [-0.15, -0.1) is 0 Å². The molecule has 0 aliphatic carbocycles. The Kier molecular flexibility index (Phi) is 4.28. The van der Waals surface area contributed by atoms with E-state index < -0.39 is 12.0 Å². The standard InChI is InChI=1S/C18H17NO4/c1-22-14-9-7-12(8-10-14)16-11-15(18(21)23-16)19-17(20)13-5-3-2-4-6-13/h2-10,15-16H,11H2,1H3,(H,19,20)/t15-,16-/m0/s1. The molecule has 5 nitrogen and oxygen atoms in total. The van der Waals surface area contributed by atoms with Gasteiger partial charge in [-0.1, -0.05) is 30.3 Å². The molecule has 1 N–H and O–H groups in total. The van der Waals surface area contributed by atoms with Crippen LogP contribution in [0.2, 0.25) is 0 Å². The lowest BCUT2D eigenvalue weighted by molar-refractivity contribution is -0.143. The Bertz CT molecular complexity index is 697. The molecule has 2 aromatic rings. The predicted octanol–water partition coefficient (Wildman–Crippen LogP) is 2.48. The molecular formula is C18H17NO4. The smallest absolute Gasteiger partial charge is 0.329 e. The van der Waals surface area contributed by atoms with E-state index >= 15 is 0 Å². The van der Waals surface area contributed by atoms with E-state index in [1.807, 2.05) is 30.3 Å². The number of hydrogen-bond donors (Lipinski definition) is 1. The summed E-state index contributed by atoms with van der Waals surface area (Å²) >= 11 is 0. The van der Waals surface area contributed by atoms with Crippen molar-refractivity contribution in [3.05, 3.63) is 65.7 Å². The summed E-state index contributed by atoms with van der Waals surface area (Å²) in [6.45, 7) is 0. The molecule has 2 atom stereocenters. The van der Waals surface area contributed by atoms with Crippen molar-refractivity contribution in [2.75, 3.05) is 7.11 Å². The lowest BCUT2D eigenvalue weighted by atomic mass is 10.0. The van der Waals surface area contributed by atoms with Gasteiger partial charge in [0, 0.05) is 12.0 Å². The maximum Gasteiger partial charge on any atom is 0.329 e. The number of esters is 1. The Labute approximate surface area is 134 Å². The molecule has 0 saturated carbocycles. The molecule has 1 saturated heterocycles. The van der Waals surface area contributed by atoms with Gasteiger partial charge in [0.1, 0.15) is 17.9 Å². The average molecular weight is 311 g/mol. The molecule has 5 heteroatoms. The fourth-order valence-electron chi connectivity index (χ4n) is 2.55. The number of rotatable bonds is 4. The van der Waals surface area contributed by atoms with Crippen molar-refractivity contribution in [3.63, 3.8) is 0 Å². The number of carbonyl (C=O) groups excluding carboxylic acids is 2. The number of nitrogens with one attached hydrogen (secondary N) is 1. The normalized spacial score (nSPS) is 20.0. The van der Waals surface area contributed by atoms with Crippen LogP contribution in [0.3, 0.4) is 0 Å². The Hall–Kier alpha value is -2.82. The molecule has 1 fully saturated rings. The monoisotopic (exact) mass is 311 g/mol. The third kappa shape index (κ3) is 3.34. The van der Waals surface area contributed by atoms with E-state index in [1.54, 1.807) is 31.4 Å². The topological polar surface area (TPSA) is 64.6 Å². The van der Waals surface area contributed by atoms with Crippen LogP contribution in [0.15, 0.2) is 54.6 Å². The third-order valence-electron chi connectivity index (χ3n) is 3.82. The Morgan fingerprint density at radius 1 is 1.13 bits per heavy atom. The van der Waals surface area contributed by atoms with Gasteiger partial charge in [0.15, 0.2) is 0 Å². The van der Waals surface area contributed by atoms with Crippen molar-refractivity contribution in [1.29, 1.82) is 0 Å². The van der Waals surface area contributed by atoms with E-state index in [0.29, 0.717) is 12.0 Å². The lowest BCUT2D eigenvalue weighted by Gasteiger charge is -2.10. The van der Waals surface area contributed by atoms with Crippen LogP contribution in [-0.2, 0) is 9.53 Å². The molecule has 0 radical (unpaired) electrons. The molecular weight excluding hydrogens is 294 g/mol. The van der Waals surface area contributed by atoms with Gasteiger partial charge in [0.25, 0.3) is 5.91 Å². The summed E-state index contributed by atoms with van der Waals surface area (Å²) in [5, 5.41) is 2.73. The van der Waals surface area contributed by atoms with E-state index in [1.165, 1.54) is 0 Å². The second kappa shape index (κ2) is 6.52. The number of amides is 1. The van der Waals surface area contributed by atoms with Gasteiger partial charge in [-0.2, -0.15) is 0 Å². The minimum atomic E-state index is -0.630. The molecule has 0 unspecified atom stereocenters. The largest absolute Gasteiger partial charge is 0.497 e. The minimum Gasteiger partial charge on any atom is -0.497 e. The van der Waals surface area contributed by atoms with Crippen LogP contribution in [0, 0.1) is 0 Å². The first kappa shape index (κ1) is 15.1. The van der Waals surface area contributed by atoms with Crippen molar-refractivity contribution in [2.24, 2.45) is 0 Å². The van der Waals surface area contributed by atoms with Gasteiger partial charge in [0.2, 0.25) is 0 Å². The number of ether oxygens (including phenoxy) is 2. The summed E-state index contributed by atoms with van der Waals surface area (Å²) in [6, 6.07) is 15.5. The maximum absolute atomic E-state index is 12.1. The Morgan fingerprint density at radius 3 is 2.48 bits per heavy atom. The third-order valence-corrected chi connectivity index (χ3v) is 3.82. The summed E-state index contributed by atoms with van der Waals surface area (Å²) in [6.07, 6.45) is 0.0680. The Balaban J connectivity index is 1.66. The van der Waals surface area contributed by atoms with Crippen molar-refractivity contribution < 1.29 is 19.1 Å². The lowest BCUT2D eigenvalue weighted by Crippen LogP contribution is -2.37. The quantitative estimate of drug-likeness (QED) is 0.881. The number of methoxy groups -OCH3 is 1. The van der Waals surface area contributed by atoms with Gasteiger partial charge in [-0.25, -0.2) is 4.79 Å². The maximum atomic E-state index is 12.1. The fraction of sp³-hybridized carbons (Fsp3) is 0.222. The number of hydrogen-bond acceptors (Lipinski definition) is 4. The van der Waals surface area contributed by atoms with Crippen LogP contribution in [0.1, 0.15) is 28.4 Å². The molecule has 1 heterocycles. The molecule has 0 aromatic heterocycles. The SMILES string of the molecule is COc1ccc([C@@H]2C[C@H](NC(=O)c3ccccc3)C(=O)O2)cc1. The molecule has 0 bridgehead atoms. The summed E-state index contributed by atoms with van der Waals surface area (Å²) in [7, 11) is 1.60. The highest BCUT2D eigenvalue weighted by Gasteiger charge is 2.36. The zero-order valence-electron chi connectivity index (χ0n) is 12.7. The van der Waals surface area contributed by atoms with E-state index in [4.69, 9.17) is 9.47 Å². The molecule has 1 aliphatic heterocycles. The van der Waals surface area contributed by atoms with E-state index in [-0.39, 0.29) is 12.0 Å². The van der Waals surface area contributed by atoms with Gasteiger partial charge < -0.3 is 14.8 Å². The molecule has 3 rings (SSSR count). The fourth-order valence-corrected chi connectivity index (χ4v) is 2.55. The van der Waals surface area contributed by atoms with Gasteiger partial charge in [-0.3, -0.25) is 4.79 Å². The molecule has 2 aromatic carbocycles. The molecule has 1 amide bonds. The number of carbonyl (C=O) groups is 2.